The Kier molecular flexibility index (Phi) is 4.16. The molecule has 0 radical (unpaired) electrons. The second-order valence-electron chi connectivity index (χ2n) is 7.57. The summed E-state index contributed by atoms with van der Waals surface area (Å²) in [4.78, 5) is 9.26. The molecule has 1 aliphatic carbocycles. The largest absolute Gasteiger partial charge is 0.495 e. The molecule has 2 N–H and O–H groups in total. The molecular weight excluding hydrogens is 359 g/mol. The number of anilines is 1. The molecular formula is C20H23FN6O. The van der Waals surface area contributed by atoms with Crippen LogP contribution in [-0.4, -0.2) is 52.0 Å². The minimum absolute atomic E-state index is 0.269. The van der Waals surface area contributed by atoms with E-state index in [0.717, 1.165) is 46.9 Å². The number of aromatic nitrogens is 4. The highest BCUT2D eigenvalue weighted by molar-refractivity contribution is 5.65. The number of aryl methyl sites for hydroxylation is 1. The summed E-state index contributed by atoms with van der Waals surface area (Å²) in [6.45, 7) is 2.97. The molecule has 0 aromatic carbocycles. The van der Waals surface area contributed by atoms with Gasteiger partial charge in [0.25, 0.3) is 0 Å². The number of imidazole rings is 1. The van der Waals surface area contributed by atoms with Gasteiger partial charge in [-0.05, 0) is 31.4 Å². The van der Waals surface area contributed by atoms with Gasteiger partial charge < -0.3 is 15.4 Å². The predicted molar refractivity (Wildman–Crippen MR) is 105 cm³/mol. The van der Waals surface area contributed by atoms with Gasteiger partial charge in [-0.3, -0.25) is 0 Å². The normalized spacial score (nSPS) is 22.0. The number of nitrogens with zero attached hydrogens (tertiary/aromatic N) is 4. The molecule has 0 spiro atoms. The molecule has 28 heavy (non-hydrogen) atoms. The van der Waals surface area contributed by atoms with Gasteiger partial charge >= 0.3 is 0 Å². The highest BCUT2D eigenvalue weighted by Gasteiger charge is 2.30. The average Bonchev–Trinajstić information content (AvgIpc) is 3.35. The number of hydrogen-bond donors (Lipinski definition) is 2. The molecule has 0 amide bonds. The first-order chi connectivity index (χ1) is 13.6. The molecule has 4 heterocycles. The van der Waals surface area contributed by atoms with Crippen molar-refractivity contribution in [3.63, 3.8) is 0 Å². The average molecular weight is 382 g/mol. The zero-order valence-corrected chi connectivity index (χ0v) is 15.9. The highest BCUT2D eigenvalue weighted by Crippen LogP contribution is 2.43. The second-order valence-corrected chi connectivity index (χ2v) is 7.57. The van der Waals surface area contributed by atoms with Crippen molar-refractivity contribution in [2.24, 2.45) is 0 Å². The Hall–Kier alpha value is -2.74. The molecule has 1 saturated heterocycles. The van der Waals surface area contributed by atoms with Gasteiger partial charge in [-0.2, -0.15) is 5.10 Å². The van der Waals surface area contributed by atoms with Gasteiger partial charge in [0.1, 0.15) is 29.1 Å². The van der Waals surface area contributed by atoms with Crippen LogP contribution in [0.3, 0.4) is 0 Å². The molecule has 1 saturated carbocycles. The topological polar surface area (TPSA) is 76.4 Å². The van der Waals surface area contributed by atoms with Gasteiger partial charge in [0.15, 0.2) is 5.65 Å². The maximum atomic E-state index is 13.9. The van der Waals surface area contributed by atoms with Crippen LogP contribution in [0.25, 0.3) is 17.0 Å². The van der Waals surface area contributed by atoms with E-state index in [-0.39, 0.29) is 6.04 Å². The fraction of sp³-hybridized carbons (Fsp3) is 0.450. The van der Waals surface area contributed by atoms with E-state index in [2.05, 4.69) is 15.6 Å². The molecule has 8 heteroatoms. The monoisotopic (exact) mass is 382 g/mol. The van der Waals surface area contributed by atoms with Gasteiger partial charge in [-0.15, -0.1) is 0 Å². The van der Waals surface area contributed by atoms with Gasteiger partial charge in [-0.25, -0.2) is 18.9 Å². The van der Waals surface area contributed by atoms with Crippen molar-refractivity contribution in [3.8, 4) is 17.1 Å². The summed E-state index contributed by atoms with van der Waals surface area (Å²) in [6, 6.07) is 5.54. The van der Waals surface area contributed by atoms with Crippen molar-refractivity contribution in [1.82, 2.24) is 24.9 Å². The number of ether oxygens (including phenoxy) is 1. The van der Waals surface area contributed by atoms with E-state index < -0.39 is 6.17 Å². The molecule has 2 atom stereocenters. The first-order valence-corrected chi connectivity index (χ1v) is 9.66. The lowest BCUT2D eigenvalue weighted by molar-refractivity contribution is 0.342. The summed E-state index contributed by atoms with van der Waals surface area (Å²) in [5.74, 6) is 1.89. The van der Waals surface area contributed by atoms with Crippen molar-refractivity contribution < 1.29 is 9.13 Å². The highest BCUT2D eigenvalue weighted by atomic mass is 19.1. The molecule has 3 aromatic rings. The van der Waals surface area contributed by atoms with Crippen molar-refractivity contribution in [2.75, 3.05) is 25.5 Å². The van der Waals surface area contributed by atoms with Crippen molar-refractivity contribution in [3.05, 3.63) is 35.7 Å². The van der Waals surface area contributed by atoms with Crippen LogP contribution < -0.4 is 15.4 Å². The van der Waals surface area contributed by atoms with Gasteiger partial charge in [0, 0.05) is 25.1 Å². The number of rotatable bonds is 5. The smallest absolute Gasteiger partial charge is 0.157 e. The minimum atomic E-state index is -0.919. The quantitative estimate of drug-likeness (QED) is 0.707. The van der Waals surface area contributed by atoms with E-state index in [1.165, 1.54) is 0 Å². The zero-order chi connectivity index (χ0) is 19.3. The molecule has 2 fully saturated rings. The Morgan fingerprint density at radius 2 is 2.14 bits per heavy atom. The van der Waals surface area contributed by atoms with Gasteiger partial charge in [0.05, 0.1) is 25.0 Å². The molecule has 1 aliphatic heterocycles. The van der Waals surface area contributed by atoms with E-state index >= 15 is 0 Å². The summed E-state index contributed by atoms with van der Waals surface area (Å²) in [6.07, 6.45) is 3.13. The van der Waals surface area contributed by atoms with Crippen LogP contribution in [0.4, 0.5) is 10.2 Å². The summed E-state index contributed by atoms with van der Waals surface area (Å²) >= 11 is 0. The van der Waals surface area contributed by atoms with Crippen LogP contribution in [0.15, 0.2) is 24.4 Å². The molecule has 146 valence electrons. The number of hydrogen-bond acceptors (Lipinski definition) is 6. The standard InChI is InChI=1S/C20H23FN6O/c1-11-3-6-17(24-14-9-22-8-13(14)21)25-19(11)15-10-23-18-7-16(28-2)20(12-4-5-12)26-27(15)18/h3,6-7,10,12-14,22H,4-5,8-9H2,1-2H3,(H,24,25)/t13-,14-/m0/s1. The molecule has 7 nitrogen and oxygen atoms in total. The van der Waals surface area contributed by atoms with Crippen LogP contribution in [0.1, 0.15) is 30.0 Å². The molecule has 5 rings (SSSR count). The Morgan fingerprint density at radius 1 is 1.29 bits per heavy atom. The molecule has 0 unspecified atom stereocenters. The maximum Gasteiger partial charge on any atom is 0.157 e. The number of nitrogens with one attached hydrogen (secondary N) is 2. The summed E-state index contributed by atoms with van der Waals surface area (Å²) in [5, 5.41) is 11.1. The number of pyridine rings is 1. The van der Waals surface area contributed by atoms with E-state index in [9.17, 15) is 4.39 Å². The number of alkyl halides is 1. The van der Waals surface area contributed by atoms with Crippen LogP contribution in [-0.2, 0) is 0 Å². The second kappa shape index (κ2) is 6.70. The van der Waals surface area contributed by atoms with E-state index in [0.29, 0.717) is 24.8 Å². The summed E-state index contributed by atoms with van der Waals surface area (Å²) in [5.41, 5.74) is 4.32. The zero-order valence-electron chi connectivity index (χ0n) is 15.9. The summed E-state index contributed by atoms with van der Waals surface area (Å²) < 4.78 is 21.3. The molecule has 3 aromatic heterocycles. The Labute approximate surface area is 162 Å². The van der Waals surface area contributed by atoms with Crippen molar-refractivity contribution in [1.29, 1.82) is 0 Å². The number of methoxy groups -OCH3 is 1. The third kappa shape index (κ3) is 2.97. The predicted octanol–water partition coefficient (Wildman–Crippen LogP) is 2.71. The van der Waals surface area contributed by atoms with Crippen molar-refractivity contribution in [2.45, 2.75) is 37.9 Å². The molecule has 0 bridgehead atoms. The van der Waals surface area contributed by atoms with Gasteiger partial charge in [0.2, 0.25) is 0 Å². The number of fused-ring (bicyclic) bond motifs is 1. The Balaban J connectivity index is 1.55. The first-order valence-electron chi connectivity index (χ1n) is 9.66. The van der Waals surface area contributed by atoms with E-state index in [1.54, 1.807) is 13.3 Å². The third-order valence-corrected chi connectivity index (χ3v) is 5.48. The lowest BCUT2D eigenvalue weighted by Crippen LogP contribution is -2.29. The van der Waals surface area contributed by atoms with Crippen molar-refractivity contribution >= 4 is 11.5 Å². The van der Waals surface area contributed by atoms with Crippen LogP contribution in [0, 0.1) is 6.92 Å². The van der Waals surface area contributed by atoms with E-state index in [1.807, 2.05) is 29.6 Å². The Morgan fingerprint density at radius 3 is 2.86 bits per heavy atom. The fourth-order valence-electron chi connectivity index (χ4n) is 3.72. The number of halogens is 1. The molecule has 2 aliphatic rings. The van der Waals surface area contributed by atoms with Crippen LogP contribution in [0.2, 0.25) is 0 Å². The fourth-order valence-corrected chi connectivity index (χ4v) is 3.72. The summed E-state index contributed by atoms with van der Waals surface area (Å²) in [7, 11) is 1.67. The lowest BCUT2D eigenvalue weighted by atomic mass is 10.1. The van der Waals surface area contributed by atoms with Gasteiger partial charge in [-0.1, -0.05) is 6.07 Å². The first kappa shape index (κ1) is 17.4. The van der Waals surface area contributed by atoms with Crippen LogP contribution in [0.5, 0.6) is 5.75 Å². The minimum Gasteiger partial charge on any atom is -0.495 e. The third-order valence-electron chi connectivity index (χ3n) is 5.48. The van der Waals surface area contributed by atoms with E-state index in [4.69, 9.17) is 14.8 Å². The maximum absolute atomic E-state index is 13.9. The lowest BCUT2D eigenvalue weighted by Gasteiger charge is -2.16. The van der Waals surface area contributed by atoms with Crippen LogP contribution >= 0.6 is 0 Å². The Bertz CT molecular complexity index is 1030. The SMILES string of the molecule is COc1cc2ncc(-c3nc(N[C@H]4CNC[C@@H]4F)ccc3C)n2nc1C1CC1.